The van der Waals surface area contributed by atoms with Crippen LogP contribution < -0.4 is 5.32 Å². The lowest BCUT2D eigenvalue weighted by molar-refractivity contribution is 0.0958. The van der Waals surface area contributed by atoms with Gasteiger partial charge < -0.3 is 14.3 Å². The van der Waals surface area contributed by atoms with E-state index in [0.717, 1.165) is 49.7 Å². The van der Waals surface area contributed by atoms with E-state index in [0.29, 0.717) is 11.6 Å². The van der Waals surface area contributed by atoms with Crippen LogP contribution in [0.4, 0.5) is 0 Å². The van der Waals surface area contributed by atoms with Crippen LogP contribution in [0, 0.1) is 0 Å². The first-order valence-electron chi connectivity index (χ1n) is 8.73. The second-order valence-electron chi connectivity index (χ2n) is 6.35. The monoisotopic (exact) mass is 351 g/mol. The number of fused-ring (bicyclic) bond motifs is 1. The molecule has 0 atom stereocenters. The predicted molar refractivity (Wildman–Crippen MR) is 96.5 cm³/mol. The zero-order valence-electron chi connectivity index (χ0n) is 14.7. The molecule has 7 heteroatoms. The van der Waals surface area contributed by atoms with Gasteiger partial charge in [0.25, 0.3) is 5.91 Å². The molecule has 0 spiro atoms. The van der Waals surface area contributed by atoms with Crippen molar-refractivity contribution in [1.29, 1.82) is 0 Å². The normalized spacial score (nSPS) is 14.7. The van der Waals surface area contributed by atoms with Crippen LogP contribution in [0.3, 0.4) is 0 Å². The first-order chi connectivity index (χ1) is 12.7. The highest BCUT2D eigenvalue weighted by Crippen LogP contribution is 2.19. The van der Waals surface area contributed by atoms with Crippen LogP contribution in [0.25, 0.3) is 11.5 Å². The molecule has 1 amide bonds. The second kappa shape index (κ2) is 7.13. The number of amides is 1. The maximum absolute atomic E-state index is 11.7. The summed E-state index contributed by atoms with van der Waals surface area (Å²) in [6, 6.07) is 9.91. The number of benzene rings is 1. The van der Waals surface area contributed by atoms with Gasteiger partial charge in [0.2, 0.25) is 5.89 Å². The quantitative estimate of drug-likeness (QED) is 0.778. The minimum Gasteiger partial charge on any atom is -0.444 e. The Hall–Kier alpha value is -2.93. The van der Waals surface area contributed by atoms with Crippen LogP contribution in [0.1, 0.15) is 22.0 Å². The van der Waals surface area contributed by atoms with E-state index in [4.69, 9.17) is 4.42 Å². The molecule has 0 saturated carbocycles. The van der Waals surface area contributed by atoms with Crippen LogP contribution in [-0.2, 0) is 19.5 Å². The van der Waals surface area contributed by atoms with E-state index in [9.17, 15) is 4.79 Å². The minimum atomic E-state index is -0.140. The van der Waals surface area contributed by atoms with Crippen LogP contribution >= 0.6 is 0 Å². The number of carbonyl (C=O) groups excluding carboxylic acids is 1. The van der Waals surface area contributed by atoms with Crippen LogP contribution in [0.5, 0.6) is 0 Å². The summed E-state index contributed by atoms with van der Waals surface area (Å²) in [5.41, 5.74) is 2.39. The van der Waals surface area contributed by atoms with Gasteiger partial charge in [-0.15, -0.1) is 0 Å². The molecule has 1 aliphatic heterocycles. The van der Waals surface area contributed by atoms with Gasteiger partial charge in [0.15, 0.2) is 0 Å². The molecule has 134 valence electrons. The van der Waals surface area contributed by atoms with E-state index < -0.39 is 0 Å². The molecule has 3 heterocycles. The molecule has 0 radical (unpaired) electrons. The Morgan fingerprint density at radius 3 is 2.85 bits per heavy atom. The smallest absolute Gasteiger partial charge is 0.271 e. The van der Waals surface area contributed by atoms with Crippen LogP contribution in [-0.4, -0.2) is 45.5 Å². The lowest BCUT2D eigenvalue weighted by Crippen LogP contribution is -2.26. The Balaban J connectivity index is 1.41. The summed E-state index contributed by atoms with van der Waals surface area (Å²) in [7, 11) is 1.62. The molecular formula is C19H21N5O2. The molecule has 4 rings (SSSR count). The molecule has 2 aromatic heterocycles. The number of nitrogens with zero attached hydrogens (tertiary/aromatic N) is 4. The highest BCUT2D eigenvalue weighted by Gasteiger charge is 2.19. The summed E-state index contributed by atoms with van der Waals surface area (Å²) in [6.45, 7) is 3.30. The number of oxazole rings is 1. The third kappa shape index (κ3) is 3.39. The van der Waals surface area contributed by atoms with Gasteiger partial charge in [-0.2, -0.15) is 0 Å². The predicted octanol–water partition coefficient (Wildman–Crippen LogP) is 1.96. The zero-order valence-corrected chi connectivity index (χ0v) is 14.7. The van der Waals surface area contributed by atoms with Crippen molar-refractivity contribution in [3.05, 3.63) is 60.0 Å². The van der Waals surface area contributed by atoms with Gasteiger partial charge in [-0.05, 0) is 12.1 Å². The first kappa shape index (κ1) is 16.5. The summed E-state index contributed by atoms with van der Waals surface area (Å²) in [4.78, 5) is 23.1. The minimum absolute atomic E-state index is 0.140. The standard InChI is InChI=1S/C19H21N5O2/c1-20-18(25)16-12-24-10-9-23(8-7-17(24)22-16)11-15-13-26-19(21-15)14-5-3-2-4-6-14/h2-6,12-13H,7-11H2,1H3,(H,20,25). The topological polar surface area (TPSA) is 76.2 Å². The number of aromatic nitrogens is 3. The fourth-order valence-electron chi connectivity index (χ4n) is 3.18. The lowest BCUT2D eigenvalue weighted by Gasteiger charge is -2.17. The molecule has 0 bridgehead atoms. The Labute approximate surface area is 151 Å². The summed E-state index contributed by atoms with van der Waals surface area (Å²) in [5, 5.41) is 2.62. The van der Waals surface area contributed by atoms with Gasteiger partial charge >= 0.3 is 0 Å². The fraction of sp³-hybridized carbons (Fsp3) is 0.316. The molecule has 3 aromatic rings. The molecule has 0 unspecified atom stereocenters. The molecule has 0 saturated heterocycles. The van der Waals surface area contributed by atoms with Crippen molar-refractivity contribution in [2.75, 3.05) is 20.1 Å². The molecule has 26 heavy (non-hydrogen) atoms. The van der Waals surface area contributed by atoms with Gasteiger partial charge in [-0.3, -0.25) is 9.69 Å². The Morgan fingerprint density at radius 2 is 2.04 bits per heavy atom. The van der Waals surface area contributed by atoms with Gasteiger partial charge in [0.1, 0.15) is 17.8 Å². The van der Waals surface area contributed by atoms with Gasteiger partial charge in [-0.1, -0.05) is 18.2 Å². The van der Waals surface area contributed by atoms with Crippen LogP contribution in [0.15, 0.2) is 47.2 Å². The number of hydrogen-bond donors (Lipinski definition) is 1. The van der Waals surface area contributed by atoms with Gasteiger partial charge in [-0.25, -0.2) is 9.97 Å². The average Bonchev–Trinajstić information content (AvgIpc) is 3.27. The Kier molecular flexibility index (Phi) is 4.53. The van der Waals surface area contributed by atoms with Crippen molar-refractivity contribution >= 4 is 5.91 Å². The third-order valence-electron chi connectivity index (χ3n) is 4.59. The summed E-state index contributed by atoms with van der Waals surface area (Å²) >= 11 is 0. The maximum atomic E-state index is 11.7. The van der Waals surface area contributed by atoms with Crippen molar-refractivity contribution < 1.29 is 9.21 Å². The first-order valence-corrected chi connectivity index (χ1v) is 8.73. The Bertz CT molecular complexity index is 874. The SMILES string of the molecule is CNC(=O)c1cn2c(n1)CCN(Cc1coc(-c3ccccc3)n1)CC2. The number of rotatable bonds is 4. The third-order valence-corrected chi connectivity index (χ3v) is 4.59. The van der Waals surface area contributed by atoms with Crippen molar-refractivity contribution in [2.24, 2.45) is 0 Å². The van der Waals surface area contributed by atoms with Gasteiger partial charge in [0, 0.05) is 51.4 Å². The molecular weight excluding hydrogens is 330 g/mol. The number of imidazole rings is 1. The maximum Gasteiger partial charge on any atom is 0.271 e. The summed E-state index contributed by atoms with van der Waals surface area (Å²) in [6.07, 6.45) is 4.37. The van der Waals surface area contributed by atoms with Crippen molar-refractivity contribution in [3.63, 3.8) is 0 Å². The van der Waals surface area contributed by atoms with Crippen molar-refractivity contribution in [3.8, 4) is 11.5 Å². The highest BCUT2D eigenvalue weighted by molar-refractivity contribution is 5.91. The average molecular weight is 351 g/mol. The van der Waals surface area contributed by atoms with Crippen molar-refractivity contribution in [2.45, 2.75) is 19.5 Å². The van der Waals surface area contributed by atoms with E-state index in [1.807, 2.05) is 36.5 Å². The van der Waals surface area contributed by atoms with E-state index in [-0.39, 0.29) is 5.91 Å². The fourth-order valence-corrected chi connectivity index (χ4v) is 3.18. The molecule has 7 nitrogen and oxygen atoms in total. The molecule has 0 fully saturated rings. The summed E-state index contributed by atoms with van der Waals surface area (Å²) < 4.78 is 7.70. The Morgan fingerprint density at radius 1 is 1.19 bits per heavy atom. The van der Waals surface area contributed by atoms with E-state index in [1.165, 1.54) is 0 Å². The molecule has 0 aliphatic carbocycles. The molecule has 1 aliphatic rings. The van der Waals surface area contributed by atoms with E-state index in [2.05, 4.69) is 24.8 Å². The number of hydrogen-bond acceptors (Lipinski definition) is 5. The number of nitrogens with one attached hydrogen (secondary N) is 1. The molecule has 1 aromatic carbocycles. The van der Waals surface area contributed by atoms with E-state index in [1.54, 1.807) is 13.3 Å². The second-order valence-corrected chi connectivity index (χ2v) is 6.35. The zero-order chi connectivity index (χ0) is 17.9. The molecule has 1 N–H and O–H groups in total. The number of carbonyl (C=O) groups is 1. The van der Waals surface area contributed by atoms with Crippen molar-refractivity contribution in [1.82, 2.24) is 24.8 Å². The van der Waals surface area contributed by atoms with Crippen LogP contribution in [0.2, 0.25) is 0 Å². The highest BCUT2D eigenvalue weighted by atomic mass is 16.3. The largest absolute Gasteiger partial charge is 0.444 e. The van der Waals surface area contributed by atoms with Gasteiger partial charge in [0.05, 0.1) is 5.69 Å². The van der Waals surface area contributed by atoms with E-state index >= 15 is 0 Å². The lowest BCUT2D eigenvalue weighted by atomic mass is 10.2. The summed E-state index contributed by atoms with van der Waals surface area (Å²) in [5.74, 6) is 1.47.